The standard InChI is InChI=1S/C13H15Cl2NO2/c14-9-2-4-11(12(15)6-9)13(18)16-7-8-1-3-10(17)5-8/h2,4,6,8,10,17H,1,3,5,7H2,(H,16,18). The van der Waals surface area contributed by atoms with E-state index < -0.39 is 0 Å². The summed E-state index contributed by atoms with van der Waals surface area (Å²) in [6.07, 6.45) is 2.32. The highest BCUT2D eigenvalue weighted by Crippen LogP contribution is 2.25. The lowest BCUT2D eigenvalue weighted by Gasteiger charge is -2.11. The second-order valence-corrected chi connectivity index (χ2v) is 5.51. The molecule has 0 aliphatic heterocycles. The minimum atomic E-state index is -0.217. The van der Waals surface area contributed by atoms with Crippen LogP contribution in [0.1, 0.15) is 29.6 Å². The minimum absolute atomic E-state index is 0.196. The van der Waals surface area contributed by atoms with Crippen molar-refractivity contribution in [3.63, 3.8) is 0 Å². The SMILES string of the molecule is O=C(NCC1CCC(O)C1)c1ccc(Cl)cc1Cl. The third-order valence-electron chi connectivity index (χ3n) is 3.24. The fraction of sp³-hybridized carbons (Fsp3) is 0.462. The summed E-state index contributed by atoms with van der Waals surface area (Å²) in [5, 5.41) is 13.1. The van der Waals surface area contributed by atoms with Gasteiger partial charge in [0.2, 0.25) is 0 Å². The largest absolute Gasteiger partial charge is 0.393 e. The van der Waals surface area contributed by atoms with Crippen molar-refractivity contribution in [2.75, 3.05) is 6.54 Å². The van der Waals surface area contributed by atoms with Crippen LogP contribution in [0.25, 0.3) is 0 Å². The Morgan fingerprint density at radius 3 is 2.78 bits per heavy atom. The lowest BCUT2D eigenvalue weighted by atomic mass is 10.1. The molecule has 98 valence electrons. The van der Waals surface area contributed by atoms with Gasteiger partial charge in [-0.25, -0.2) is 0 Å². The van der Waals surface area contributed by atoms with Crippen LogP contribution in [0, 0.1) is 5.92 Å². The minimum Gasteiger partial charge on any atom is -0.393 e. The van der Waals surface area contributed by atoms with E-state index in [2.05, 4.69) is 5.32 Å². The number of hydrogen-bond acceptors (Lipinski definition) is 2. The van der Waals surface area contributed by atoms with Crippen LogP contribution >= 0.6 is 23.2 Å². The second-order valence-electron chi connectivity index (χ2n) is 4.67. The van der Waals surface area contributed by atoms with Gasteiger partial charge in [0.15, 0.2) is 0 Å². The van der Waals surface area contributed by atoms with Crippen molar-refractivity contribution in [3.05, 3.63) is 33.8 Å². The molecule has 1 saturated carbocycles. The number of aliphatic hydroxyl groups excluding tert-OH is 1. The number of hydrogen-bond donors (Lipinski definition) is 2. The maximum absolute atomic E-state index is 11.9. The third-order valence-corrected chi connectivity index (χ3v) is 3.79. The molecule has 0 heterocycles. The van der Waals surface area contributed by atoms with Gasteiger partial charge in [-0.3, -0.25) is 4.79 Å². The summed E-state index contributed by atoms with van der Waals surface area (Å²) in [5.41, 5.74) is 0.430. The maximum atomic E-state index is 11.9. The summed E-state index contributed by atoms with van der Waals surface area (Å²) < 4.78 is 0. The Morgan fingerprint density at radius 1 is 1.39 bits per heavy atom. The van der Waals surface area contributed by atoms with Crippen molar-refractivity contribution in [1.29, 1.82) is 0 Å². The van der Waals surface area contributed by atoms with Gasteiger partial charge in [-0.05, 0) is 43.4 Å². The molecule has 1 aliphatic carbocycles. The predicted molar refractivity (Wildman–Crippen MR) is 72.1 cm³/mol. The number of carbonyl (C=O) groups is 1. The zero-order chi connectivity index (χ0) is 13.1. The number of carbonyl (C=O) groups excluding carboxylic acids is 1. The second kappa shape index (κ2) is 5.91. The first-order valence-electron chi connectivity index (χ1n) is 5.97. The molecule has 1 fully saturated rings. The summed E-state index contributed by atoms with van der Waals surface area (Å²) in [6, 6.07) is 4.81. The van der Waals surface area contributed by atoms with Crippen molar-refractivity contribution in [1.82, 2.24) is 5.32 Å². The van der Waals surface area contributed by atoms with Crippen LogP contribution in [0.2, 0.25) is 10.0 Å². The maximum Gasteiger partial charge on any atom is 0.252 e. The smallest absolute Gasteiger partial charge is 0.252 e. The topological polar surface area (TPSA) is 49.3 Å². The molecule has 1 amide bonds. The van der Waals surface area contributed by atoms with Crippen LogP contribution in [-0.2, 0) is 0 Å². The Labute approximate surface area is 116 Å². The van der Waals surface area contributed by atoms with Gasteiger partial charge < -0.3 is 10.4 Å². The van der Waals surface area contributed by atoms with E-state index in [1.807, 2.05) is 0 Å². The summed E-state index contributed by atoms with van der Waals surface area (Å²) in [5.74, 6) is 0.160. The Balaban J connectivity index is 1.91. The molecule has 1 aromatic rings. The number of aliphatic hydroxyl groups is 1. The quantitative estimate of drug-likeness (QED) is 0.898. The fourth-order valence-corrected chi connectivity index (χ4v) is 2.73. The van der Waals surface area contributed by atoms with E-state index in [9.17, 15) is 9.90 Å². The fourth-order valence-electron chi connectivity index (χ4n) is 2.24. The number of halogens is 2. The Bertz CT molecular complexity index is 451. The lowest BCUT2D eigenvalue weighted by Crippen LogP contribution is -2.28. The van der Waals surface area contributed by atoms with Gasteiger partial charge in [0, 0.05) is 11.6 Å². The van der Waals surface area contributed by atoms with E-state index in [0.29, 0.717) is 28.1 Å². The third kappa shape index (κ3) is 3.37. The van der Waals surface area contributed by atoms with E-state index in [1.54, 1.807) is 18.2 Å². The molecule has 0 aromatic heterocycles. The number of nitrogens with one attached hydrogen (secondary N) is 1. The molecular weight excluding hydrogens is 273 g/mol. The van der Waals surface area contributed by atoms with Gasteiger partial charge in [0.25, 0.3) is 5.91 Å². The van der Waals surface area contributed by atoms with Crippen LogP contribution in [0.3, 0.4) is 0 Å². The van der Waals surface area contributed by atoms with Crippen molar-refractivity contribution in [2.45, 2.75) is 25.4 Å². The van der Waals surface area contributed by atoms with Crippen LogP contribution < -0.4 is 5.32 Å². The Kier molecular flexibility index (Phi) is 4.49. The van der Waals surface area contributed by atoms with Crippen LogP contribution in [-0.4, -0.2) is 23.7 Å². The van der Waals surface area contributed by atoms with Crippen molar-refractivity contribution >= 4 is 29.1 Å². The molecule has 18 heavy (non-hydrogen) atoms. The van der Waals surface area contributed by atoms with Gasteiger partial charge in [0.05, 0.1) is 16.7 Å². The highest BCUT2D eigenvalue weighted by Gasteiger charge is 2.23. The normalized spacial score (nSPS) is 23.1. The molecular formula is C13H15Cl2NO2. The number of benzene rings is 1. The summed E-state index contributed by atoms with van der Waals surface area (Å²) in [4.78, 5) is 11.9. The van der Waals surface area contributed by atoms with Crippen molar-refractivity contribution < 1.29 is 9.90 Å². The molecule has 2 atom stereocenters. The molecule has 5 heteroatoms. The predicted octanol–water partition coefficient (Wildman–Crippen LogP) is 2.88. The van der Waals surface area contributed by atoms with E-state index in [1.165, 1.54) is 0 Å². The molecule has 0 radical (unpaired) electrons. The lowest BCUT2D eigenvalue weighted by molar-refractivity contribution is 0.0945. The van der Waals surface area contributed by atoms with E-state index in [4.69, 9.17) is 23.2 Å². The Hall–Kier alpha value is -0.770. The van der Waals surface area contributed by atoms with Crippen LogP contribution in [0.15, 0.2) is 18.2 Å². The molecule has 1 aromatic carbocycles. The highest BCUT2D eigenvalue weighted by atomic mass is 35.5. The monoisotopic (exact) mass is 287 g/mol. The zero-order valence-corrected chi connectivity index (χ0v) is 11.3. The molecule has 0 bridgehead atoms. The first-order valence-corrected chi connectivity index (χ1v) is 6.73. The average molecular weight is 288 g/mol. The molecule has 0 saturated heterocycles. The first kappa shape index (κ1) is 13.7. The molecule has 2 rings (SSSR count). The van der Waals surface area contributed by atoms with Crippen LogP contribution in [0.4, 0.5) is 0 Å². The summed E-state index contributed by atoms with van der Waals surface area (Å²) in [7, 11) is 0. The zero-order valence-electron chi connectivity index (χ0n) is 9.83. The molecule has 2 unspecified atom stereocenters. The highest BCUT2D eigenvalue weighted by molar-refractivity contribution is 6.36. The summed E-state index contributed by atoms with van der Waals surface area (Å²) >= 11 is 11.7. The number of amides is 1. The Morgan fingerprint density at radius 2 is 2.17 bits per heavy atom. The van der Waals surface area contributed by atoms with Gasteiger partial charge in [-0.2, -0.15) is 0 Å². The van der Waals surface area contributed by atoms with Crippen molar-refractivity contribution in [2.24, 2.45) is 5.92 Å². The van der Waals surface area contributed by atoms with Gasteiger partial charge in [-0.1, -0.05) is 23.2 Å². The van der Waals surface area contributed by atoms with E-state index >= 15 is 0 Å². The molecule has 3 nitrogen and oxygen atoms in total. The van der Waals surface area contributed by atoms with Crippen LogP contribution in [0.5, 0.6) is 0 Å². The van der Waals surface area contributed by atoms with Crippen molar-refractivity contribution in [3.8, 4) is 0 Å². The first-order chi connectivity index (χ1) is 8.56. The van der Waals surface area contributed by atoms with E-state index in [0.717, 1.165) is 19.3 Å². The molecule has 2 N–H and O–H groups in total. The summed E-state index contributed by atoms with van der Waals surface area (Å²) in [6.45, 7) is 0.578. The van der Waals surface area contributed by atoms with Gasteiger partial charge in [0.1, 0.15) is 0 Å². The molecule has 0 spiro atoms. The van der Waals surface area contributed by atoms with E-state index in [-0.39, 0.29) is 12.0 Å². The van der Waals surface area contributed by atoms with Gasteiger partial charge in [-0.15, -0.1) is 0 Å². The van der Waals surface area contributed by atoms with Gasteiger partial charge >= 0.3 is 0 Å². The average Bonchev–Trinajstić information content (AvgIpc) is 2.72. The number of rotatable bonds is 3. The molecule has 1 aliphatic rings.